The summed E-state index contributed by atoms with van der Waals surface area (Å²) in [5.41, 5.74) is 2.79. The first-order valence-corrected chi connectivity index (χ1v) is 6.40. The van der Waals surface area contributed by atoms with Crippen molar-refractivity contribution >= 4 is 16.9 Å². The van der Waals surface area contributed by atoms with Crippen molar-refractivity contribution in [3.63, 3.8) is 0 Å². The smallest absolute Gasteiger partial charge is 0.287 e. The van der Waals surface area contributed by atoms with Crippen molar-refractivity contribution in [2.24, 2.45) is 0 Å². The number of carbonyl (C=O) groups is 1. The lowest BCUT2D eigenvalue weighted by atomic mass is 10.2. The van der Waals surface area contributed by atoms with Gasteiger partial charge in [0.25, 0.3) is 5.91 Å². The minimum absolute atomic E-state index is 0.211. The molecule has 1 amide bonds. The Morgan fingerprint density at radius 3 is 2.80 bits per heavy atom. The molecular formula is C16H14N2O2. The van der Waals surface area contributed by atoms with E-state index in [-0.39, 0.29) is 5.91 Å². The molecule has 4 heteroatoms. The van der Waals surface area contributed by atoms with Crippen molar-refractivity contribution in [2.45, 2.75) is 13.5 Å². The number of hydrogen-bond donors (Lipinski definition) is 1. The van der Waals surface area contributed by atoms with Crippen molar-refractivity contribution in [2.75, 3.05) is 0 Å². The molecule has 2 aromatic heterocycles. The third-order valence-electron chi connectivity index (χ3n) is 3.17. The summed E-state index contributed by atoms with van der Waals surface area (Å²) >= 11 is 0. The number of aromatic nitrogens is 1. The second kappa shape index (κ2) is 5.17. The van der Waals surface area contributed by atoms with E-state index in [1.165, 1.54) is 0 Å². The van der Waals surface area contributed by atoms with Crippen LogP contribution >= 0.6 is 0 Å². The molecule has 20 heavy (non-hydrogen) atoms. The normalized spacial score (nSPS) is 10.7. The second-order valence-corrected chi connectivity index (χ2v) is 4.64. The number of hydrogen-bond acceptors (Lipinski definition) is 3. The SMILES string of the molecule is Cc1cccc2cc(C(=O)NCc3ccncc3)oc12. The lowest BCUT2D eigenvalue weighted by Gasteiger charge is -2.02. The molecule has 0 spiro atoms. The van der Waals surface area contributed by atoms with Gasteiger partial charge in [0, 0.05) is 24.3 Å². The maximum Gasteiger partial charge on any atom is 0.287 e. The van der Waals surface area contributed by atoms with Crippen LogP contribution in [0.3, 0.4) is 0 Å². The largest absolute Gasteiger partial charge is 0.451 e. The number of nitrogens with one attached hydrogen (secondary N) is 1. The predicted octanol–water partition coefficient (Wildman–Crippen LogP) is 3.07. The van der Waals surface area contributed by atoms with E-state index < -0.39 is 0 Å². The molecule has 4 nitrogen and oxygen atoms in total. The van der Waals surface area contributed by atoms with E-state index in [0.717, 1.165) is 22.1 Å². The molecule has 1 N–H and O–H groups in total. The van der Waals surface area contributed by atoms with Crippen LogP contribution in [0, 0.1) is 6.92 Å². The number of fused-ring (bicyclic) bond motifs is 1. The first-order valence-electron chi connectivity index (χ1n) is 6.40. The molecule has 0 unspecified atom stereocenters. The highest BCUT2D eigenvalue weighted by Crippen LogP contribution is 2.22. The molecule has 0 aliphatic heterocycles. The lowest BCUT2D eigenvalue weighted by molar-refractivity contribution is 0.0925. The van der Waals surface area contributed by atoms with Crippen molar-refractivity contribution in [3.8, 4) is 0 Å². The van der Waals surface area contributed by atoms with Crippen LogP contribution in [0.1, 0.15) is 21.7 Å². The van der Waals surface area contributed by atoms with Crippen molar-refractivity contribution < 1.29 is 9.21 Å². The number of para-hydroxylation sites is 1. The molecule has 0 radical (unpaired) electrons. The van der Waals surface area contributed by atoms with E-state index in [2.05, 4.69) is 10.3 Å². The standard InChI is InChI=1S/C16H14N2O2/c1-11-3-2-4-13-9-14(20-15(11)13)16(19)18-10-12-5-7-17-8-6-12/h2-9H,10H2,1H3,(H,18,19). The van der Waals surface area contributed by atoms with Gasteiger partial charge < -0.3 is 9.73 Å². The van der Waals surface area contributed by atoms with Gasteiger partial charge in [-0.1, -0.05) is 18.2 Å². The fourth-order valence-electron chi connectivity index (χ4n) is 2.09. The fraction of sp³-hybridized carbons (Fsp3) is 0.125. The lowest BCUT2D eigenvalue weighted by Crippen LogP contribution is -2.22. The van der Waals surface area contributed by atoms with Gasteiger partial charge in [-0.15, -0.1) is 0 Å². The van der Waals surface area contributed by atoms with Gasteiger partial charge in [-0.3, -0.25) is 9.78 Å². The minimum atomic E-state index is -0.211. The number of pyridine rings is 1. The van der Waals surface area contributed by atoms with E-state index >= 15 is 0 Å². The molecule has 2 heterocycles. The minimum Gasteiger partial charge on any atom is -0.451 e. The maximum absolute atomic E-state index is 12.1. The molecule has 0 saturated carbocycles. The Hall–Kier alpha value is -2.62. The van der Waals surface area contributed by atoms with Gasteiger partial charge >= 0.3 is 0 Å². The Morgan fingerprint density at radius 1 is 1.25 bits per heavy atom. The van der Waals surface area contributed by atoms with Gasteiger partial charge in [-0.05, 0) is 36.2 Å². The van der Waals surface area contributed by atoms with E-state index in [0.29, 0.717) is 12.3 Å². The summed E-state index contributed by atoms with van der Waals surface area (Å²) in [6, 6.07) is 11.3. The first-order chi connectivity index (χ1) is 9.74. The van der Waals surface area contributed by atoms with E-state index in [4.69, 9.17) is 4.42 Å². The highest BCUT2D eigenvalue weighted by molar-refractivity contribution is 5.96. The topological polar surface area (TPSA) is 55.1 Å². The zero-order chi connectivity index (χ0) is 13.9. The van der Waals surface area contributed by atoms with Gasteiger partial charge in [-0.2, -0.15) is 0 Å². The maximum atomic E-state index is 12.1. The number of benzene rings is 1. The average Bonchev–Trinajstić information content (AvgIpc) is 2.91. The van der Waals surface area contributed by atoms with Crippen molar-refractivity contribution in [1.82, 2.24) is 10.3 Å². The molecule has 3 aromatic rings. The second-order valence-electron chi connectivity index (χ2n) is 4.64. The Balaban J connectivity index is 1.77. The number of nitrogens with zero attached hydrogens (tertiary/aromatic N) is 1. The van der Waals surface area contributed by atoms with Crippen LogP contribution in [-0.4, -0.2) is 10.9 Å². The number of carbonyl (C=O) groups excluding carboxylic acids is 1. The first kappa shape index (κ1) is 12.4. The molecule has 0 aliphatic rings. The van der Waals surface area contributed by atoms with E-state index in [9.17, 15) is 4.79 Å². The summed E-state index contributed by atoms with van der Waals surface area (Å²) in [4.78, 5) is 16.0. The highest BCUT2D eigenvalue weighted by Gasteiger charge is 2.12. The third kappa shape index (κ3) is 2.40. The Morgan fingerprint density at radius 2 is 2.05 bits per heavy atom. The molecule has 3 rings (SSSR count). The van der Waals surface area contributed by atoms with Crippen LogP contribution < -0.4 is 5.32 Å². The van der Waals surface area contributed by atoms with Gasteiger partial charge in [0.2, 0.25) is 0 Å². The molecule has 1 aromatic carbocycles. The fourth-order valence-corrected chi connectivity index (χ4v) is 2.09. The quantitative estimate of drug-likeness (QED) is 0.792. The van der Waals surface area contributed by atoms with E-state index in [1.54, 1.807) is 18.5 Å². The highest BCUT2D eigenvalue weighted by atomic mass is 16.3. The summed E-state index contributed by atoms with van der Waals surface area (Å²) in [7, 11) is 0. The zero-order valence-electron chi connectivity index (χ0n) is 11.1. The molecular weight excluding hydrogens is 252 g/mol. The monoisotopic (exact) mass is 266 g/mol. The number of aryl methyl sites for hydroxylation is 1. The van der Waals surface area contributed by atoms with Crippen LogP contribution in [0.5, 0.6) is 0 Å². The Kier molecular flexibility index (Phi) is 3.21. The molecule has 0 saturated heterocycles. The van der Waals surface area contributed by atoms with Crippen LogP contribution in [0.25, 0.3) is 11.0 Å². The molecule has 0 fully saturated rings. The zero-order valence-corrected chi connectivity index (χ0v) is 11.1. The van der Waals surface area contributed by atoms with Crippen LogP contribution in [-0.2, 0) is 6.54 Å². The average molecular weight is 266 g/mol. The Bertz CT molecular complexity index is 748. The van der Waals surface area contributed by atoms with Crippen LogP contribution in [0.15, 0.2) is 53.2 Å². The number of furan rings is 1. The van der Waals surface area contributed by atoms with Crippen molar-refractivity contribution in [3.05, 3.63) is 65.7 Å². The van der Waals surface area contributed by atoms with Crippen LogP contribution in [0.4, 0.5) is 0 Å². The van der Waals surface area contributed by atoms with Gasteiger partial charge in [0.15, 0.2) is 5.76 Å². The van der Waals surface area contributed by atoms with Crippen LogP contribution in [0.2, 0.25) is 0 Å². The molecule has 0 bridgehead atoms. The summed E-state index contributed by atoms with van der Waals surface area (Å²) in [5.74, 6) is 0.126. The predicted molar refractivity (Wildman–Crippen MR) is 76.4 cm³/mol. The molecule has 0 atom stereocenters. The number of amides is 1. The van der Waals surface area contributed by atoms with E-state index in [1.807, 2.05) is 37.3 Å². The summed E-state index contributed by atoms with van der Waals surface area (Å²) in [5, 5.41) is 3.78. The molecule has 100 valence electrons. The van der Waals surface area contributed by atoms with Gasteiger partial charge in [0.05, 0.1) is 0 Å². The van der Waals surface area contributed by atoms with Gasteiger partial charge in [0.1, 0.15) is 5.58 Å². The number of rotatable bonds is 3. The summed E-state index contributed by atoms with van der Waals surface area (Å²) in [6.07, 6.45) is 3.40. The van der Waals surface area contributed by atoms with Gasteiger partial charge in [-0.25, -0.2) is 0 Å². The summed E-state index contributed by atoms with van der Waals surface area (Å²) < 4.78 is 5.62. The third-order valence-corrected chi connectivity index (χ3v) is 3.17. The molecule has 0 aliphatic carbocycles. The van der Waals surface area contributed by atoms with Crippen molar-refractivity contribution in [1.29, 1.82) is 0 Å². The Labute approximate surface area is 116 Å². The summed E-state index contributed by atoms with van der Waals surface area (Å²) in [6.45, 7) is 2.42.